The molecule has 2 rings (SSSR count). The number of aryl methyl sites for hydroxylation is 1. The van der Waals surface area contributed by atoms with Gasteiger partial charge in [0.15, 0.2) is 0 Å². The van der Waals surface area contributed by atoms with E-state index in [9.17, 15) is 0 Å². The third-order valence-electron chi connectivity index (χ3n) is 3.98. The predicted molar refractivity (Wildman–Crippen MR) is 84.4 cm³/mol. The number of benzene rings is 2. The highest BCUT2D eigenvalue weighted by molar-refractivity contribution is 5.63. The first-order valence-corrected chi connectivity index (χ1v) is 7.16. The molecule has 0 aliphatic rings. The Morgan fingerprint density at radius 2 is 1.26 bits per heavy atom. The van der Waals surface area contributed by atoms with Gasteiger partial charge < -0.3 is 0 Å². The van der Waals surface area contributed by atoms with Gasteiger partial charge in [-0.25, -0.2) is 0 Å². The van der Waals surface area contributed by atoms with Gasteiger partial charge in [-0.2, -0.15) is 0 Å². The van der Waals surface area contributed by atoms with Crippen LogP contribution >= 0.6 is 0 Å². The molecular formula is C19H24. The van der Waals surface area contributed by atoms with Crippen molar-refractivity contribution in [1.82, 2.24) is 0 Å². The lowest BCUT2D eigenvalue weighted by atomic mass is 9.83. The molecule has 2 aromatic rings. The van der Waals surface area contributed by atoms with Crippen molar-refractivity contribution in [2.24, 2.45) is 5.41 Å². The van der Waals surface area contributed by atoms with Crippen LogP contribution < -0.4 is 0 Å². The van der Waals surface area contributed by atoms with Crippen LogP contribution in [0.5, 0.6) is 0 Å². The van der Waals surface area contributed by atoms with Gasteiger partial charge in [0.2, 0.25) is 0 Å². The Kier molecular flexibility index (Phi) is 4.09. The van der Waals surface area contributed by atoms with Crippen molar-refractivity contribution in [3.05, 3.63) is 59.7 Å². The molecule has 2 aromatic carbocycles. The Morgan fingerprint density at radius 3 is 1.74 bits per heavy atom. The number of rotatable bonds is 4. The summed E-state index contributed by atoms with van der Waals surface area (Å²) in [7, 11) is 0. The molecule has 0 nitrogen and oxygen atoms in total. The Labute approximate surface area is 117 Å². The van der Waals surface area contributed by atoms with Crippen molar-refractivity contribution in [1.29, 1.82) is 0 Å². The van der Waals surface area contributed by atoms with E-state index in [4.69, 9.17) is 0 Å². The van der Waals surface area contributed by atoms with Crippen molar-refractivity contribution >= 4 is 0 Å². The second kappa shape index (κ2) is 5.61. The third kappa shape index (κ3) is 3.70. The summed E-state index contributed by atoms with van der Waals surface area (Å²) in [6.45, 7) is 9.06. The summed E-state index contributed by atoms with van der Waals surface area (Å²) < 4.78 is 0. The van der Waals surface area contributed by atoms with Gasteiger partial charge >= 0.3 is 0 Å². The minimum atomic E-state index is 0.394. The molecule has 0 heterocycles. The van der Waals surface area contributed by atoms with Gasteiger partial charge in [0, 0.05) is 0 Å². The van der Waals surface area contributed by atoms with Crippen LogP contribution in [-0.2, 0) is 6.42 Å². The van der Waals surface area contributed by atoms with Crippen LogP contribution in [0.1, 0.15) is 38.3 Å². The molecule has 0 aliphatic heterocycles. The second-order valence-electron chi connectivity index (χ2n) is 6.26. The second-order valence-corrected chi connectivity index (χ2v) is 6.26. The van der Waals surface area contributed by atoms with E-state index in [0.29, 0.717) is 5.41 Å². The molecule has 0 fully saturated rings. The first-order valence-electron chi connectivity index (χ1n) is 7.16. The topological polar surface area (TPSA) is 0 Å². The first kappa shape index (κ1) is 13.9. The van der Waals surface area contributed by atoms with Gasteiger partial charge in [-0.15, -0.1) is 0 Å². The molecule has 0 atom stereocenters. The fourth-order valence-corrected chi connectivity index (χ4v) is 2.24. The molecule has 0 heteroatoms. The molecule has 0 bridgehead atoms. The average molecular weight is 252 g/mol. The molecular weight excluding hydrogens is 228 g/mol. The van der Waals surface area contributed by atoms with Crippen LogP contribution in [0.4, 0.5) is 0 Å². The monoisotopic (exact) mass is 252 g/mol. The van der Waals surface area contributed by atoms with E-state index in [1.165, 1.54) is 28.7 Å². The molecule has 100 valence electrons. The van der Waals surface area contributed by atoms with Crippen molar-refractivity contribution in [3.63, 3.8) is 0 Å². The highest BCUT2D eigenvalue weighted by atomic mass is 14.2. The van der Waals surface area contributed by atoms with E-state index in [0.717, 1.165) is 6.42 Å². The lowest BCUT2D eigenvalue weighted by Gasteiger charge is -2.22. The summed E-state index contributed by atoms with van der Waals surface area (Å²) in [6.07, 6.45) is 2.37. The molecule has 0 aliphatic carbocycles. The average Bonchev–Trinajstić information content (AvgIpc) is 2.40. The molecule has 0 saturated heterocycles. The van der Waals surface area contributed by atoms with E-state index < -0.39 is 0 Å². The Balaban J connectivity index is 2.16. The van der Waals surface area contributed by atoms with E-state index >= 15 is 0 Å². The van der Waals surface area contributed by atoms with Crippen LogP contribution in [0.2, 0.25) is 0 Å². The third-order valence-corrected chi connectivity index (χ3v) is 3.98. The lowest BCUT2D eigenvalue weighted by Crippen LogP contribution is -2.13. The van der Waals surface area contributed by atoms with E-state index in [2.05, 4.69) is 76.2 Å². The van der Waals surface area contributed by atoms with E-state index in [1.54, 1.807) is 0 Å². The Bertz CT molecular complexity index is 515. The van der Waals surface area contributed by atoms with Crippen LogP contribution in [0.15, 0.2) is 48.5 Å². The molecule has 0 amide bonds. The van der Waals surface area contributed by atoms with Crippen LogP contribution in [0, 0.1) is 12.3 Å². The molecule has 0 spiro atoms. The van der Waals surface area contributed by atoms with Gasteiger partial charge in [-0.05, 0) is 35.4 Å². The first-order chi connectivity index (χ1) is 9.00. The normalized spacial score (nSPS) is 11.6. The summed E-state index contributed by atoms with van der Waals surface area (Å²) in [6, 6.07) is 17.8. The Hall–Kier alpha value is -1.56. The SMILES string of the molecule is CCC(C)(C)Cc1ccc(-c2ccc(C)cc2)cc1. The van der Waals surface area contributed by atoms with Crippen molar-refractivity contribution in [2.45, 2.75) is 40.5 Å². The van der Waals surface area contributed by atoms with Crippen molar-refractivity contribution in [3.8, 4) is 11.1 Å². The lowest BCUT2D eigenvalue weighted by molar-refractivity contribution is 0.349. The standard InChI is InChI=1S/C19H24/c1-5-19(3,4)14-16-8-12-18(13-9-16)17-10-6-15(2)7-11-17/h6-13H,5,14H2,1-4H3. The Morgan fingerprint density at radius 1 is 0.789 bits per heavy atom. The zero-order valence-electron chi connectivity index (χ0n) is 12.5. The van der Waals surface area contributed by atoms with Gasteiger partial charge in [-0.3, -0.25) is 0 Å². The predicted octanol–water partition coefficient (Wildman–Crippen LogP) is 5.64. The molecule has 0 saturated carbocycles. The van der Waals surface area contributed by atoms with Crippen LogP contribution in [0.25, 0.3) is 11.1 Å². The number of hydrogen-bond acceptors (Lipinski definition) is 0. The molecule has 0 unspecified atom stereocenters. The molecule has 19 heavy (non-hydrogen) atoms. The fraction of sp³-hybridized carbons (Fsp3) is 0.368. The maximum atomic E-state index is 2.33. The summed E-state index contributed by atoms with van der Waals surface area (Å²) in [4.78, 5) is 0. The van der Waals surface area contributed by atoms with E-state index in [1.807, 2.05) is 0 Å². The van der Waals surface area contributed by atoms with E-state index in [-0.39, 0.29) is 0 Å². The molecule has 0 N–H and O–H groups in total. The zero-order chi connectivity index (χ0) is 13.9. The summed E-state index contributed by atoms with van der Waals surface area (Å²) in [5, 5.41) is 0. The van der Waals surface area contributed by atoms with Crippen LogP contribution in [0.3, 0.4) is 0 Å². The molecule has 0 radical (unpaired) electrons. The summed E-state index contributed by atoms with van der Waals surface area (Å²) in [5.74, 6) is 0. The van der Waals surface area contributed by atoms with Crippen LogP contribution in [-0.4, -0.2) is 0 Å². The largest absolute Gasteiger partial charge is 0.0649 e. The molecule has 0 aromatic heterocycles. The fourth-order valence-electron chi connectivity index (χ4n) is 2.24. The maximum absolute atomic E-state index is 2.33. The minimum Gasteiger partial charge on any atom is -0.0649 e. The zero-order valence-corrected chi connectivity index (χ0v) is 12.5. The summed E-state index contributed by atoms with van der Waals surface area (Å²) >= 11 is 0. The van der Waals surface area contributed by atoms with Crippen molar-refractivity contribution < 1.29 is 0 Å². The minimum absolute atomic E-state index is 0.394. The van der Waals surface area contributed by atoms with Gasteiger partial charge in [0.1, 0.15) is 0 Å². The summed E-state index contributed by atoms with van der Waals surface area (Å²) in [5.41, 5.74) is 5.74. The highest BCUT2D eigenvalue weighted by Gasteiger charge is 2.15. The van der Waals surface area contributed by atoms with Gasteiger partial charge in [0.25, 0.3) is 0 Å². The quantitative estimate of drug-likeness (QED) is 0.660. The maximum Gasteiger partial charge on any atom is -0.0184 e. The van der Waals surface area contributed by atoms with Gasteiger partial charge in [-0.1, -0.05) is 81.3 Å². The highest BCUT2D eigenvalue weighted by Crippen LogP contribution is 2.27. The van der Waals surface area contributed by atoms with Crippen molar-refractivity contribution in [2.75, 3.05) is 0 Å². The number of hydrogen-bond donors (Lipinski definition) is 0. The smallest absolute Gasteiger partial charge is 0.0184 e. The van der Waals surface area contributed by atoms with Gasteiger partial charge in [0.05, 0.1) is 0 Å².